The van der Waals surface area contributed by atoms with Crippen molar-refractivity contribution >= 4 is 37.6 Å². The van der Waals surface area contributed by atoms with Crippen molar-refractivity contribution in [3.8, 4) is 0 Å². The fourth-order valence-corrected chi connectivity index (χ4v) is 3.59. The van der Waals surface area contributed by atoms with Crippen LogP contribution in [-0.4, -0.2) is 19.5 Å². The van der Waals surface area contributed by atoms with Crippen molar-refractivity contribution < 1.29 is 18.3 Å². The number of nitrogens with one attached hydrogen (secondary N) is 1. The van der Waals surface area contributed by atoms with E-state index in [0.717, 1.165) is 16.1 Å². The fourth-order valence-electron chi connectivity index (χ4n) is 1.89. The molecule has 2 aromatic carbocycles. The minimum Gasteiger partial charge on any atom is -0.478 e. The van der Waals surface area contributed by atoms with Crippen molar-refractivity contribution in [1.29, 1.82) is 0 Å². The first-order valence-electron chi connectivity index (χ1n) is 6.33. The number of benzene rings is 2. The molecule has 0 spiro atoms. The van der Waals surface area contributed by atoms with Crippen LogP contribution in [0.4, 0.5) is 5.69 Å². The van der Waals surface area contributed by atoms with Gasteiger partial charge in [0.2, 0.25) is 0 Å². The second-order valence-electron chi connectivity index (χ2n) is 4.85. The monoisotopic (exact) mass is 383 g/mol. The van der Waals surface area contributed by atoms with Crippen molar-refractivity contribution in [3.05, 3.63) is 57.6 Å². The normalized spacial score (nSPS) is 11.2. The molecule has 0 unspecified atom stereocenters. The Bertz CT molecular complexity index is 847. The van der Waals surface area contributed by atoms with Crippen LogP contribution >= 0.6 is 15.9 Å². The minimum absolute atomic E-state index is 0.0518. The van der Waals surface area contributed by atoms with Gasteiger partial charge < -0.3 is 5.11 Å². The Hall–Kier alpha value is -1.86. The molecule has 7 heteroatoms. The van der Waals surface area contributed by atoms with Gasteiger partial charge in [0, 0.05) is 10.2 Å². The van der Waals surface area contributed by atoms with Gasteiger partial charge in [0.15, 0.2) is 0 Å². The van der Waals surface area contributed by atoms with E-state index in [4.69, 9.17) is 5.11 Å². The van der Waals surface area contributed by atoms with E-state index in [9.17, 15) is 13.2 Å². The van der Waals surface area contributed by atoms with Crippen LogP contribution in [0.15, 0.2) is 45.8 Å². The number of anilines is 1. The van der Waals surface area contributed by atoms with E-state index in [2.05, 4.69) is 20.7 Å². The summed E-state index contributed by atoms with van der Waals surface area (Å²) < 4.78 is 28.2. The summed E-state index contributed by atoms with van der Waals surface area (Å²) in [6, 6.07) is 9.09. The van der Waals surface area contributed by atoms with Crippen LogP contribution in [0.25, 0.3) is 0 Å². The van der Waals surface area contributed by atoms with Gasteiger partial charge in [0.05, 0.1) is 10.5 Å². The Kier molecular flexibility index (Phi) is 4.58. The number of hydrogen-bond acceptors (Lipinski definition) is 3. The van der Waals surface area contributed by atoms with Crippen LogP contribution < -0.4 is 4.72 Å². The van der Waals surface area contributed by atoms with E-state index in [-0.39, 0.29) is 10.5 Å². The molecule has 0 aliphatic heterocycles. The Morgan fingerprint density at radius 1 is 1.09 bits per heavy atom. The predicted octanol–water partition coefficient (Wildman–Crippen LogP) is 3.56. The highest BCUT2D eigenvalue weighted by Crippen LogP contribution is 2.24. The average molecular weight is 384 g/mol. The number of hydrogen-bond donors (Lipinski definition) is 2. The van der Waals surface area contributed by atoms with Crippen molar-refractivity contribution in [2.75, 3.05) is 4.72 Å². The Morgan fingerprint density at radius 2 is 1.73 bits per heavy atom. The van der Waals surface area contributed by atoms with Gasteiger partial charge in [-0.2, -0.15) is 0 Å². The zero-order valence-electron chi connectivity index (χ0n) is 11.9. The third-order valence-electron chi connectivity index (χ3n) is 3.15. The summed E-state index contributed by atoms with van der Waals surface area (Å²) in [7, 11) is -3.86. The molecule has 2 aromatic rings. The first-order valence-corrected chi connectivity index (χ1v) is 8.61. The lowest BCUT2D eigenvalue weighted by molar-refractivity contribution is 0.0696. The van der Waals surface area contributed by atoms with Crippen molar-refractivity contribution in [3.63, 3.8) is 0 Å². The molecular formula is C15H14BrNO4S. The molecule has 116 valence electrons. The summed E-state index contributed by atoms with van der Waals surface area (Å²) in [6.45, 7) is 3.51. The number of halogens is 1. The third-order valence-corrected chi connectivity index (χ3v) is 5.53. The Morgan fingerprint density at radius 3 is 2.32 bits per heavy atom. The molecule has 0 atom stereocenters. The summed E-state index contributed by atoms with van der Waals surface area (Å²) in [5, 5.41) is 9.00. The number of carboxylic acids is 1. The second kappa shape index (κ2) is 6.10. The minimum atomic E-state index is -3.86. The largest absolute Gasteiger partial charge is 0.478 e. The number of carbonyl (C=O) groups is 1. The highest BCUT2D eigenvalue weighted by molar-refractivity contribution is 9.10. The van der Waals surface area contributed by atoms with E-state index in [1.165, 1.54) is 12.1 Å². The van der Waals surface area contributed by atoms with E-state index >= 15 is 0 Å². The molecule has 5 nitrogen and oxygen atoms in total. The van der Waals surface area contributed by atoms with Crippen molar-refractivity contribution in [1.82, 2.24) is 0 Å². The number of sulfonamides is 1. The number of carboxylic acid groups (broad SMARTS) is 1. The van der Waals surface area contributed by atoms with Crippen LogP contribution in [0.2, 0.25) is 0 Å². The highest BCUT2D eigenvalue weighted by Gasteiger charge is 2.19. The molecule has 0 aliphatic rings. The summed E-state index contributed by atoms with van der Waals surface area (Å²) in [5.74, 6) is -1.17. The van der Waals surface area contributed by atoms with Gasteiger partial charge in [-0.1, -0.05) is 28.1 Å². The molecule has 0 aliphatic carbocycles. The van der Waals surface area contributed by atoms with Gasteiger partial charge in [-0.25, -0.2) is 13.2 Å². The molecule has 0 fully saturated rings. The molecule has 2 N–H and O–H groups in total. The van der Waals surface area contributed by atoms with Gasteiger partial charge in [0.1, 0.15) is 0 Å². The molecule has 0 aromatic heterocycles. The van der Waals surface area contributed by atoms with E-state index in [1.807, 2.05) is 6.92 Å². The Labute approximate surface area is 137 Å². The number of aryl methyl sites for hydroxylation is 2. The number of rotatable bonds is 4. The lowest BCUT2D eigenvalue weighted by atomic mass is 10.1. The zero-order chi connectivity index (χ0) is 16.5. The van der Waals surface area contributed by atoms with Gasteiger partial charge in [-0.05, 0) is 49.2 Å². The van der Waals surface area contributed by atoms with Crippen LogP contribution in [0.3, 0.4) is 0 Å². The second-order valence-corrected chi connectivity index (χ2v) is 7.36. The Balaban J connectivity index is 2.44. The number of aromatic carboxylic acids is 1. The fraction of sp³-hybridized carbons (Fsp3) is 0.133. The molecule has 0 saturated heterocycles. The molecule has 0 radical (unpaired) electrons. The third kappa shape index (κ3) is 3.48. The highest BCUT2D eigenvalue weighted by atomic mass is 79.9. The van der Waals surface area contributed by atoms with Gasteiger partial charge in [0.25, 0.3) is 10.0 Å². The quantitative estimate of drug-likeness (QED) is 0.844. The topological polar surface area (TPSA) is 83.5 Å². The van der Waals surface area contributed by atoms with Crippen molar-refractivity contribution in [2.24, 2.45) is 0 Å². The van der Waals surface area contributed by atoms with Crippen molar-refractivity contribution in [2.45, 2.75) is 18.7 Å². The van der Waals surface area contributed by atoms with Gasteiger partial charge >= 0.3 is 5.97 Å². The van der Waals surface area contributed by atoms with Gasteiger partial charge in [-0.15, -0.1) is 0 Å². The SMILES string of the molecule is Cc1ccc(NS(=O)(=O)c2cc(C(=O)O)ccc2C)cc1Br. The molecule has 0 amide bonds. The van der Waals surface area contributed by atoms with Crippen LogP contribution in [0.1, 0.15) is 21.5 Å². The van der Waals surface area contributed by atoms with E-state index in [1.54, 1.807) is 25.1 Å². The lowest BCUT2D eigenvalue weighted by Crippen LogP contribution is -2.15. The van der Waals surface area contributed by atoms with Crippen LogP contribution in [0.5, 0.6) is 0 Å². The van der Waals surface area contributed by atoms with Gasteiger partial charge in [-0.3, -0.25) is 4.72 Å². The first kappa shape index (κ1) is 16.5. The first-order chi connectivity index (χ1) is 10.2. The lowest BCUT2D eigenvalue weighted by Gasteiger charge is -2.12. The maximum atomic E-state index is 12.5. The summed E-state index contributed by atoms with van der Waals surface area (Å²) in [5.41, 5.74) is 1.78. The summed E-state index contributed by atoms with van der Waals surface area (Å²) >= 11 is 3.34. The molecule has 0 bridgehead atoms. The van der Waals surface area contributed by atoms with E-state index in [0.29, 0.717) is 11.3 Å². The molecule has 0 heterocycles. The predicted molar refractivity (Wildman–Crippen MR) is 87.8 cm³/mol. The summed E-state index contributed by atoms with van der Waals surface area (Å²) in [6.07, 6.45) is 0. The standard InChI is InChI=1S/C15H14BrNO4S/c1-9-4-6-12(8-13(9)16)17-22(20,21)14-7-11(15(18)19)5-3-10(14)2/h3-8,17H,1-2H3,(H,18,19). The molecular weight excluding hydrogens is 370 g/mol. The zero-order valence-corrected chi connectivity index (χ0v) is 14.3. The average Bonchev–Trinajstić information content (AvgIpc) is 2.42. The molecule has 2 rings (SSSR count). The maximum Gasteiger partial charge on any atom is 0.335 e. The maximum absolute atomic E-state index is 12.5. The molecule has 0 saturated carbocycles. The molecule has 22 heavy (non-hydrogen) atoms. The van der Waals surface area contributed by atoms with Crippen LogP contribution in [0, 0.1) is 13.8 Å². The van der Waals surface area contributed by atoms with E-state index < -0.39 is 16.0 Å². The van der Waals surface area contributed by atoms with Crippen LogP contribution in [-0.2, 0) is 10.0 Å². The smallest absolute Gasteiger partial charge is 0.335 e. The summed E-state index contributed by atoms with van der Waals surface area (Å²) in [4.78, 5) is 11.0.